The predicted molar refractivity (Wildman–Crippen MR) is 177 cm³/mol. The summed E-state index contributed by atoms with van der Waals surface area (Å²) in [7, 11) is 0. The van der Waals surface area contributed by atoms with E-state index in [9.17, 15) is 10.5 Å². The van der Waals surface area contributed by atoms with Crippen LogP contribution in [0.3, 0.4) is 0 Å². The third kappa shape index (κ3) is 9.60. The first kappa shape index (κ1) is 36.5. The molecule has 0 radical (unpaired) electrons. The maximum absolute atomic E-state index is 10.1. The van der Waals surface area contributed by atoms with Crippen LogP contribution < -0.4 is 0 Å². The summed E-state index contributed by atoms with van der Waals surface area (Å²) < 4.78 is 0. The Morgan fingerprint density at radius 1 is 0.897 bits per heavy atom. The molecular formula is C37H59NO. The van der Waals surface area contributed by atoms with Crippen molar-refractivity contribution in [2.45, 2.75) is 129 Å². The van der Waals surface area contributed by atoms with Gasteiger partial charge in [0.15, 0.2) is 0 Å². The molecule has 0 saturated heterocycles. The van der Waals surface area contributed by atoms with E-state index in [2.05, 4.69) is 88.5 Å². The number of nitrogens with one attached hydrogen (secondary N) is 1. The molecule has 39 heavy (non-hydrogen) atoms. The molecule has 1 aliphatic carbocycles. The molecule has 0 amide bonds. The molecule has 218 valence electrons. The van der Waals surface area contributed by atoms with Gasteiger partial charge in [0.2, 0.25) is 0 Å². The van der Waals surface area contributed by atoms with Crippen molar-refractivity contribution >= 4 is 11.8 Å². The normalized spacial score (nSPS) is 14.2. The van der Waals surface area contributed by atoms with E-state index in [0.29, 0.717) is 5.71 Å². The molecule has 0 aromatic heterocycles. The van der Waals surface area contributed by atoms with Gasteiger partial charge in [-0.15, -0.1) is 6.58 Å². The van der Waals surface area contributed by atoms with Crippen molar-refractivity contribution in [1.29, 1.82) is 5.41 Å². The molecule has 0 atom stereocenters. The largest absolute Gasteiger partial charge is 0.392 e. The lowest BCUT2D eigenvalue weighted by Crippen LogP contribution is -2.17. The van der Waals surface area contributed by atoms with Crippen molar-refractivity contribution in [2.75, 3.05) is 0 Å². The predicted octanol–water partition coefficient (Wildman–Crippen LogP) is 11.2. The highest BCUT2D eigenvalue weighted by molar-refractivity contribution is 6.16. The van der Waals surface area contributed by atoms with Crippen LogP contribution in [-0.4, -0.2) is 10.8 Å². The van der Waals surface area contributed by atoms with Crippen LogP contribution in [0.25, 0.3) is 6.08 Å². The van der Waals surface area contributed by atoms with Crippen LogP contribution in [0, 0.1) is 24.7 Å². The standard InChI is InChI=1S/C26H37NO.C7H14.C4H8/c1-11-16(6)18(8)24(17(7)15(4)5)26(27)25-20(10)19(9)21(12-2)23(14-28)22(25)13-3;1-3-7(4-2)5-6-7;1-4(2)3/h11-12,27-28H,2,13-14H2,1,3-10H3;3-6H2,1-2H3;1H2,2-3H3/b16-11-,24-18-,27-26?;;. The van der Waals surface area contributed by atoms with Crippen LogP contribution in [0.5, 0.6) is 0 Å². The second-order valence-corrected chi connectivity index (χ2v) is 11.6. The molecule has 0 aliphatic heterocycles. The Morgan fingerprint density at radius 2 is 1.38 bits per heavy atom. The summed E-state index contributed by atoms with van der Waals surface area (Å²) in [5, 5.41) is 19.4. The Balaban J connectivity index is 0.00000108. The Labute approximate surface area is 242 Å². The second-order valence-electron chi connectivity index (χ2n) is 11.6. The lowest BCUT2D eigenvalue weighted by molar-refractivity contribution is 0.280. The molecule has 0 heterocycles. The summed E-state index contributed by atoms with van der Waals surface area (Å²) in [5.74, 6) is 0. The zero-order chi connectivity index (χ0) is 30.7. The molecule has 1 saturated carbocycles. The van der Waals surface area contributed by atoms with E-state index in [1.165, 1.54) is 42.4 Å². The molecule has 2 N–H and O–H groups in total. The van der Waals surface area contributed by atoms with Crippen LogP contribution in [0.1, 0.15) is 135 Å². The molecule has 0 unspecified atom stereocenters. The van der Waals surface area contributed by atoms with E-state index in [-0.39, 0.29) is 6.61 Å². The molecular weight excluding hydrogens is 474 g/mol. The van der Waals surface area contributed by atoms with Crippen molar-refractivity contribution in [3.63, 3.8) is 0 Å². The van der Waals surface area contributed by atoms with Gasteiger partial charge in [-0.1, -0.05) is 69.1 Å². The van der Waals surface area contributed by atoms with Gasteiger partial charge in [-0.2, -0.15) is 0 Å². The molecule has 2 nitrogen and oxygen atoms in total. The number of aliphatic hydroxyl groups is 1. The quantitative estimate of drug-likeness (QED) is 0.185. The SMILES string of the molecule is C=C(C)C.C=Cc1c(C)c(C)c(C(=N)/C(C(C)=C(C)C)=C(C)\C(C)=C/C)c(CC)c1CO.CCC1(CC)CC1. The number of allylic oxidation sites excluding steroid dienone is 7. The van der Waals surface area contributed by atoms with E-state index >= 15 is 0 Å². The fourth-order valence-electron chi connectivity index (χ4n) is 4.92. The number of rotatable bonds is 9. The van der Waals surface area contributed by atoms with Gasteiger partial charge in [-0.05, 0) is 133 Å². The van der Waals surface area contributed by atoms with Crippen LogP contribution in [0.15, 0.2) is 52.7 Å². The Bertz CT molecular complexity index is 1120. The number of benzene rings is 1. The van der Waals surface area contributed by atoms with Gasteiger partial charge >= 0.3 is 0 Å². The fraction of sp³-hybridized carbons (Fsp3) is 0.541. The lowest BCUT2D eigenvalue weighted by atomic mass is 9.80. The number of aliphatic hydroxyl groups excluding tert-OH is 1. The number of hydrogen-bond acceptors (Lipinski definition) is 2. The molecule has 1 aliphatic rings. The third-order valence-corrected chi connectivity index (χ3v) is 8.53. The molecule has 1 aromatic carbocycles. The minimum atomic E-state index is -0.0422. The minimum Gasteiger partial charge on any atom is -0.392 e. The van der Waals surface area contributed by atoms with E-state index in [4.69, 9.17) is 0 Å². The highest BCUT2D eigenvalue weighted by Gasteiger charge is 2.38. The smallest absolute Gasteiger partial charge is 0.0695 e. The zero-order valence-electron chi connectivity index (χ0n) is 27.8. The summed E-state index contributed by atoms with van der Waals surface area (Å²) >= 11 is 0. The van der Waals surface area contributed by atoms with Crippen LogP contribution in [0.2, 0.25) is 0 Å². The average molecular weight is 534 g/mol. The summed E-state index contributed by atoms with van der Waals surface area (Å²) in [6.07, 6.45) is 10.5. The fourth-order valence-corrected chi connectivity index (χ4v) is 4.92. The first-order chi connectivity index (χ1) is 18.1. The maximum Gasteiger partial charge on any atom is 0.0695 e. The van der Waals surface area contributed by atoms with Gasteiger partial charge in [0, 0.05) is 11.1 Å². The van der Waals surface area contributed by atoms with Crippen molar-refractivity contribution in [2.24, 2.45) is 5.41 Å². The summed E-state index contributed by atoms with van der Waals surface area (Å²) in [6, 6.07) is 0. The zero-order valence-corrected chi connectivity index (χ0v) is 27.8. The Morgan fingerprint density at radius 3 is 1.67 bits per heavy atom. The lowest BCUT2D eigenvalue weighted by Gasteiger charge is -2.25. The van der Waals surface area contributed by atoms with Gasteiger partial charge in [-0.25, -0.2) is 0 Å². The molecule has 0 spiro atoms. The van der Waals surface area contributed by atoms with Crippen molar-refractivity contribution in [1.82, 2.24) is 0 Å². The first-order valence-corrected chi connectivity index (χ1v) is 14.7. The van der Waals surface area contributed by atoms with E-state index in [0.717, 1.165) is 61.9 Å². The minimum absolute atomic E-state index is 0.0422. The topological polar surface area (TPSA) is 44.1 Å². The average Bonchev–Trinajstić information content (AvgIpc) is 3.69. The molecule has 2 heteroatoms. The highest BCUT2D eigenvalue weighted by atomic mass is 16.3. The second kappa shape index (κ2) is 16.6. The van der Waals surface area contributed by atoms with Gasteiger partial charge in [0.25, 0.3) is 0 Å². The van der Waals surface area contributed by atoms with Crippen molar-refractivity contribution in [3.05, 3.63) is 86.1 Å². The summed E-state index contributed by atoms with van der Waals surface area (Å²) in [5.41, 5.74) is 14.3. The van der Waals surface area contributed by atoms with E-state index in [1.54, 1.807) is 0 Å². The van der Waals surface area contributed by atoms with Gasteiger partial charge in [0.05, 0.1) is 12.3 Å². The third-order valence-electron chi connectivity index (χ3n) is 8.53. The molecule has 0 bridgehead atoms. The molecule has 1 fully saturated rings. The maximum atomic E-state index is 10.1. The summed E-state index contributed by atoms with van der Waals surface area (Å²) in [6.45, 7) is 34.8. The Hall–Kier alpha value is -2.45. The van der Waals surface area contributed by atoms with Crippen molar-refractivity contribution < 1.29 is 5.11 Å². The van der Waals surface area contributed by atoms with Crippen LogP contribution in [-0.2, 0) is 13.0 Å². The Kier molecular flexibility index (Phi) is 15.6. The number of hydrogen-bond donors (Lipinski definition) is 2. The molecule has 2 rings (SSSR count). The van der Waals surface area contributed by atoms with Crippen molar-refractivity contribution in [3.8, 4) is 0 Å². The van der Waals surface area contributed by atoms with Gasteiger partial charge in [-0.3, -0.25) is 5.41 Å². The van der Waals surface area contributed by atoms with E-state index < -0.39 is 0 Å². The summed E-state index contributed by atoms with van der Waals surface area (Å²) in [4.78, 5) is 0. The van der Waals surface area contributed by atoms with Gasteiger partial charge < -0.3 is 5.11 Å². The highest BCUT2D eigenvalue weighted by Crippen LogP contribution is 2.51. The molecule has 1 aromatic rings. The van der Waals surface area contributed by atoms with Gasteiger partial charge in [0.1, 0.15) is 0 Å². The van der Waals surface area contributed by atoms with Crippen LogP contribution in [0.4, 0.5) is 0 Å². The van der Waals surface area contributed by atoms with E-state index in [1.807, 2.05) is 26.8 Å². The van der Waals surface area contributed by atoms with Crippen LogP contribution >= 0.6 is 0 Å². The monoisotopic (exact) mass is 533 g/mol. The first-order valence-electron chi connectivity index (χ1n) is 14.7.